The zero-order valence-corrected chi connectivity index (χ0v) is 7.49. The third-order valence-corrected chi connectivity index (χ3v) is 1.57. The molecule has 0 saturated heterocycles. The van der Waals surface area contributed by atoms with Gasteiger partial charge in [0.25, 0.3) is 0 Å². The van der Waals surface area contributed by atoms with Gasteiger partial charge in [-0.15, -0.1) is 0 Å². The lowest BCUT2D eigenvalue weighted by atomic mass is 10.1. The predicted molar refractivity (Wildman–Crippen MR) is 52.5 cm³/mol. The molecule has 0 heterocycles. The van der Waals surface area contributed by atoms with Gasteiger partial charge in [-0.3, -0.25) is 4.79 Å². The first-order valence-electron chi connectivity index (χ1n) is 4.06. The summed E-state index contributed by atoms with van der Waals surface area (Å²) in [7, 11) is 0. The van der Waals surface area contributed by atoms with Gasteiger partial charge in [-0.05, 0) is 18.2 Å². The van der Waals surface area contributed by atoms with Gasteiger partial charge in [-0.25, -0.2) is 0 Å². The minimum atomic E-state index is -0.482. The lowest BCUT2D eigenvalue weighted by Gasteiger charge is -1.94. The van der Waals surface area contributed by atoms with Crippen LogP contribution in [0.2, 0.25) is 0 Å². The summed E-state index contributed by atoms with van der Waals surface area (Å²) in [5.74, 6) is 4.92. The first-order valence-corrected chi connectivity index (χ1v) is 4.06. The normalized spacial score (nSPS) is 8.57. The molecule has 0 aliphatic carbocycles. The van der Waals surface area contributed by atoms with Crippen molar-refractivity contribution in [1.29, 1.82) is 0 Å². The van der Waals surface area contributed by atoms with Crippen molar-refractivity contribution in [2.75, 3.05) is 0 Å². The molecule has 3 heteroatoms. The SMILES string of the molecule is NC(=O)c1cccc(C#CCC=O)c1. The fraction of sp³-hybridized carbons (Fsp3) is 0.0909. The Kier molecular flexibility index (Phi) is 3.45. The average molecular weight is 187 g/mol. The van der Waals surface area contributed by atoms with E-state index in [1.807, 2.05) is 0 Å². The van der Waals surface area contributed by atoms with Crippen molar-refractivity contribution in [3.8, 4) is 11.8 Å². The van der Waals surface area contributed by atoms with Crippen molar-refractivity contribution < 1.29 is 9.59 Å². The van der Waals surface area contributed by atoms with Gasteiger partial charge in [-0.1, -0.05) is 17.9 Å². The quantitative estimate of drug-likeness (QED) is 0.548. The van der Waals surface area contributed by atoms with E-state index < -0.39 is 5.91 Å². The molecule has 1 aromatic carbocycles. The van der Waals surface area contributed by atoms with Crippen molar-refractivity contribution in [2.45, 2.75) is 6.42 Å². The Balaban J connectivity index is 2.90. The van der Waals surface area contributed by atoms with Gasteiger partial charge >= 0.3 is 0 Å². The molecule has 0 saturated carbocycles. The van der Waals surface area contributed by atoms with Crippen LogP contribution in [-0.4, -0.2) is 12.2 Å². The van der Waals surface area contributed by atoms with Crippen molar-refractivity contribution >= 4 is 12.2 Å². The van der Waals surface area contributed by atoms with Crippen LogP contribution in [0.1, 0.15) is 22.3 Å². The molecule has 3 nitrogen and oxygen atoms in total. The number of nitrogens with two attached hydrogens (primary N) is 1. The molecule has 14 heavy (non-hydrogen) atoms. The second kappa shape index (κ2) is 4.83. The third-order valence-electron chi connectivity index (χ3n) is 1.57. The van der Waals surface area contributed by atoms with Gasteiger partial charge in [0.15, 0.2) is 0 Å². The maximum absolute atomic E-state index is 10.8. The van der Waals surface area contributed by atoms with E-state index >= 15 is 0 Å². The van der Waals surface area contributed by atoms with E-state index in [1.165, 1.54) is 0 Å². The molecule has 0 atom stereocenters. The third kappa shape index (κ3) is 2.76. The van der Waals surface area contributed by atoms with Crippen molar-refractivity contribution in [3.05, 3.63) is 35.4 Å². The minimum absolute atomic E-state index is 0.195. The highest BCUT2D eigenvalue weighted by molar-refractivity contribution is 5.93. The van der Waals surface area contributed by atoms with Crippen LogP contribution in [0, 0.1) is 11.8 Å². The number of hydrogen-bond donors (Lipinski definition) is 1. The summed E-state index contributed by atoms with van der Waals surface area (Å²) in [6.07, 6.45) is 0.922. The van der Waals surface area contributed by atoms with Crippen molar-refractivity contribution in [2.24, 2.45) is 5.73 Å². The van der Waals surface area contributed by atoms with Gasteiger partial charge < -0.3 is 10.5 Å². The van der Waals surface area contributed by atoms with E-state index in [0.717, 1.165) is 6.29 Å². The molecule has 0 aliphatic rings. The topological polar surface area (TPSA) is 60.2 Å². The van der Waals surface area contributed by atoms with E-state index in [-0.39, 0.29) is 6.42 Å². The Morgan fingerprint density at radius 1 is 1.50 bits per heavy atom. The highest BCUT2D eigenvalue weighted by atomic mass is 16.1. The zero-order valence-electron chi connectivity index (χ0n) is 7.49. The summed E-state index contributed by atoms with van der Waals surface area (Å²) in [6, 6.07) is 6.67. The highest BCUT2D eigenvalue weighted by Crippen LogP contribution is 2.02. The fourth-order valence-electron chi connectivity index (χ4n) is 0.945. The standard InChI is InChI=1S/C11H9NO2/c12-11(14)10-6-3-5-9(8-10)4-1-2-7-13/h3,5-8H,2H2,(H2,12,14). The number of primary amides is 1. The van der Waals surface area contributed by atoms with Crippen molar-refractivity contribution in [3.63, 3.8) is 0 Å². The second-order valence-electron chi connectivity index (χ2n) is 2.62. The Hall–Kier alpha value is -2.08. The Labute approximate surface area is 81.9 Å². The predicted octanol–water partition coefficient (Wildman–Crippen LogP) is 0.726. The molecule has 70 valence electrons. The van der Waals surface area contributed by atoms with Crippen LogP contribution in [0.5, 0.6) is 0 Å². The van der Waals surface area contributed by atoms with Gasteiger partial charge in [0.1, 0.15) is 6.29 Å². The van der Waals surface area contributed by atoms with Gasteiger partial charge in [0.05, 0.1) is 6.42 Å². The van der Waals surface area contributed by atoms with E-state index in [9.17, 15) is 9.59 Å². The van der Waals surface area contributed by atoms with Crippen LogP contribution in [0.15, 0.2) is 24.3 Å². The molecule has 0 bridgehead atoms. The molecule has 1 aromatic rings. The smallest absolute Gasteiger partial charge is 0.248 e. The number of benzene rings is 1. The maximum Gasteiger partial charge on any atom is 0.248 e. The number of hydrogen-bond acceptors (Lipinski definition) is 2. The number of carbonyl (C=O) groups is 2. The first kappa shape index (κ1) is 10.0. The Morgan fingerprint density at radius 3 is 2.93 bits per heavy atom. The second-order valence-corrected chi connectivity index (χ2v) is 2.62. The summed E-state index contributed by atoms with van der Waals surface area (Å²) in [5, 5.41) is 0. The van der Waals surface area contributed by atoms with Crippen LogP contribution in [0.25, 0.3) is 0 Å². The minimum Gasteiger partial charge on any atom is -0.366 e. The molecular formula is C11H9NO2. The zero-order chi connectivity index (χ0) is 10.4. The first-order chi connectivity index (χ1) is 6.74. The van der Waals surface area contributed by atoms with E-state index in [2.05, 4.69) is 11.8 Å². The number of aldehydes is 1. The maximum atomic E-state index is 10.8. The molecule has 0 spiro atoms. The van der Waals surface area contributed by atoms with Crippen LogP contribution >= 0.6 is 0 Å². The molecule has 0 aliphatic heterocycles. The molecule has 1 amide bonds. The number of carbonyl (C=O) groups excluding carboxylic acids is 2. The van der Waals surface area contributed by atoms with Crippen molar-refractivity contribution in [1.82, 2.24) is 0 Å². The van der Waals surface area contributed by atoms with Crippen LogP contribution in [-0.2, 0) is 4.79 Å². The van der Waals surface area contributed by atoms with E-state index in [1.54, 1.807) is 24.3 Å². The fourth-order valence-corrected chi connectivity index (χ4v) is 0.945. The number of amides is 1. The van der Waals surface area contributed by atoms with Crippen LogP contribution in [0.3, 0.4) is 0 Å². The highest BCUT2D eigenvalue weighted by Gasteiger charge is 1.98. The summed E-state index contributed by atoms with van der Waals surface area (Å²) >= 11 is 0. The van der Waals surface area contributed by atoms with E-state index in [0.29, 0.717) is 11.1 Å². The summed E-state index contributed by atoms with van der Waals surface area (Å²) in [6.45, 7) is 0. The monoisotopic (exact) mass is 187 g/mol. The molecule has 2 N–H and O–H groups in total. The lowest BCUT2D eigenvalue weighted by Crippen LogP contribution is -2.10. The average Bonchev–Trinajstić information content (AvgIpc) is 2.19. The Morgan fingerprint density at radius 2 is 2.29 bits per heavy atom. The van der Waals surface area contributed by atoms with Crippen LogP contribution < -0.4 is 5.73 Å². The largest absolute Gasteiger partial charge is 0.366 e. The molecule has 0 aromatic heterocycles. The van der Waals surface area contributed by atoms with E-state index in [4.69, 9.17) is 5.73 Å². The molecule has 0 unspecified atom stereocenters. The molecule has 0 radical (unpaired) electrons. The molecule has 0 fully saturated rings. The Bertz CT molecular complexity index is 413. The summed E-state index contributed by atoms with van der Waals surface area (Å²) in [4.78, 5) is 20.8. The molecule has 1 rings (SSSR count). The molecular weight excluding hydrogens is 178 g/mol. The number of rotatable bonds is 2. The van der Waals surface area contributed by atoms with Gasteiger partial charge in [0.2, 0.25) is 5.91 Å². The summed E-state index contributed by atoms with van der Waals surface area (Å²) in [5.41, 5.74) is 6.20. The van der Waals surface area contributed by atoms with Gasteiger partial charge in [0, 0.05) is 11.1 Å². The lowest BCUT2D eigenvalue weighted by molar-refractivity contribution is -0.107. The van der Waals surface area contributed by atoms with Crippen LogP contribution in [0.4, 0.5) is 0 Å². The van der Waals surface area contributed by atoms with Gasteiger partial charge in [-0.2, -0.15) is 0 Å². The summed E-state index contributed by atoms with van der Waals surface area (Å²) < 4.78 is 0.